The average Bonchev–Trinajstić information content (AvgIpc) is 3.18. The fourth-order valence-corrected chi connectivity index (χ4v) is 3.89. The molecule has 0 fully saturated rings. The van der Waals surface area contributed by atoms with Gasteiger partial charge in [0.2, 0.25) is 5.91 Å². The van der Waals surface area contributed by atoms with E-state index in [0.29, 0.717) is 10.7 Å². The molecule has 170 valence electrons. The molecule has 2 heterocycles. The molecule has 13 heteroatoms. The average molecular weight is 514 g/mol. The maximum absolute atomic E-state index is 12.9. The Kier molecular flexibility index (Phi) is 6.37. The van der Waals surface area contributed by atoms with Crippen LogP contribution in [0.4, 0.5) is 18.9 Å². The molecule has 0 aliphatic carbocycles. The summed E-state index contributed by atoms with van der Waals surface area (Å²) >= 11 is 12.8. The minimum atomic E-state index is -4.58. The molecule has 0 bridgehead atoms. The second-order valence-electron chi connectivity index (χ2n) is 6.67. The van der Waals surface area contributed by atoms with Gasteiger partial charge in [0.15, 0.2) is 10.8 Å². The number of anilines is 1. The molecule has 33 heavy (non-hydrogen) atoms. The van der Waals surface area contributed by atoms with Crippen LogP contribution in [0.1, 0.15) is 5.56 Å². The summed E-state index contributed by atoms with van der Waals surface area (Å²) in [4.78, 5) is 31.6. The molecule has 2 N–H and O–H groups in total. The van der Waals surface area contributed by atoms with E-state index in [1.165, 1.54) is 10.9 Å². The number of carbonyl (C=O) groups is 1. The van der Waals surface area contributed by atoms with E-state index in [0.717, 1.165) is 30.0 Å². The van der Waals surface area contributed by atoms with Gasteiger partial charge in [-0.05, 0) is 36.4 Å². The molecule has 0 saturated heterocycles. The topological polar surface area (TPSA) is 92.7 Å². The number of nitrogens with zero attached hydrogens (tertiary/aromatic N) is 3. The summed E-state index contributed by atoms with van der Waals surface area (Å²) in [5, 5.41) is 7.31. The summed E-state index contributed by atoms with van der Waals surface area (Å²) in [7, 11) is 0. The predicted octanol–water partition coefficient (Wildman–Crippen LogP) is 5.17. The fraction of sp³-hybridized carbons (Fsp3) is 0.100. The third-order valence-electron chi connectivity index (χ3n) is 4.38. The molecule has 2 aromatic heterocycles. The maximum Gasteiger partial charge on any atom is 0.416 e. The number of aromatic nitrogens is 4. The molecule has 0 saturated carbocycles. The van der Waals surface area contributed by atoms with Crippen molar-refractivity contribution >= 4 is 57.6 Å². The molecule has 4 rings (SSSR count). The highest BCUT2D eigenvalue weighted by Crippen LogP contribution is 2.34. The molecular formula is C20H12Cl2F3N5O2S. The Labute approximate surface area is 197 Å². The highest BCUT2D eigenvalue weighted by molar-refractivity contribution is 7.99. The summed E-state index contributed by atoms with van der Waals surface area (Å²) in [6, 6.07) is 9.42. The van der Waals surface area contributed by atoms with E-state index in [1.807, 2.05) is 0 Å². The van der Waals surface area contributed by atoms with Gasteiger partial charge in [0, 0.05) is 5.02 Å². The first-order valence-corrected chi connectivity index (χ1v) is 10.9. The van der Waals surface area contributed by atoms with Crippen LogP contribution in [0, 0.1) is 0 Å². The number of rotatable bonds is 5. The van der Waals surface area contributed by atoms with E-state index < -0.39 is 23.2 Å². The van der Waals surface area contributed by atoms with Crippen molar-refractivity contribution in [2.24, 2.45) is 0 Å². The zero-order valence-corrected chi connectivity index (χ0v) is 18.6. The van der Waals surface area contributed by atoms with Crippen molar-refractivity contribution in [3.05, 3.63) is 74.6 Å². The minimum absolute atomic E-state index is 0.0419. The number of benzene rings is 2. The number of carbonyl (C=O) groups excluding carboxylic acids is 1. The molecule has 2 aromatic carbocycles. The lowest BCUT2D eigenvalue weighted by atomic mass is 10.2. The highest BCUT2D eigenvalue weighted by Gasteiger charge is 2.31. The van der Waals surface area contributed by atoms with Crippen LogP contribution in [0.25, 0.3) is 16.7 Å². The van der Waals surface area contributed by atoms with Crippen molar-refractivity contribution in [3.8, 4) is 5.69 Å². The summed E-state index contributed by atoms with van der Waals surface area (Å²) in [6.07, 6.45) is -3.22. The number of alkyl halides is 3. The van der Waals surface area contributed by atoms with E-state index in [-0.39, 0.29) is 32.7 Å². The standard InChI is InChI=1S/C20H12Cl2F3N5O2S/c21-11-2-1-3-12(7-11)30-17-13(8-26-30)18(32)29-19(28-17)33-9-16(31)27-15-6-10(20(23,24)25)4-5-14(15)22/h1-8H,9H2,(H,27,31)(H,28,29,32). The first kappa shape index (κ1) is 23.1. The van der Waals surface area contributed by atoms with Crippen molar-refractivity contribution in [1.82, 2.24) is 19.7 Å². The van der Waals surface area contributed by atoms with Crippen molar-refractivity contribution < 1.29 is 18.0 Å². The first-order valence-electron chi connectivity index (χ1n) is 9.15. The number of fused-ring (bicyclic) bond motifs is 1. The first-order chi connectivity index (χ1) is 15.6. The van der Waals surface area contributed by atoms with Crippen LogP contribution >= 0.6 is 35.0 Å². The molecule has 0 atom stereocenters. The third-order valence-corrected chi connectivity index (χ3v) is 5.81. The Morgan fingerprint density at radius 2 is 1.97 bits per heavy atom. The van der Waals surface area contributed by atoms with Crippen LogP contribution in [0.3, 0.4) is 0 Å². The lowest BCUT2D eigenvalue weighted by molar-refractivity contribution is -0.137. The number of hydrogen-bond donors (Lipinski definition) is 2. The molecular weight excluding hydrogens is 502 g/mol. The molecule has 0 aliphatic rings. The molecule has 7 nitrogen and oxygen atoms in total. The zero-order valence-electron chi connectivity index (χ0n) is 16.3. The van der Waals surface area contributed by atoms with Gasteiger partial charge in [-0.15, -0.1) is 0 Å². The van der Waals surface area contributed by atoms with Crippen LogP contribution in [0.15, 0.2) is 58.6 Å². The van der Waals surface area contributed by atoms with Gasteiger partial charge in [0.1, 0.15) is 5.39 Å². The van der Waals surface area contributed by atoms with Gasteiger partial charge in [-0.2, -0.15) is 18.3 Å². The van der Waals surface area contributed by atoms with E-state index in [9.17, 15) is 22.8 Å². The zero-order chi connectivity index (χ0) is 23.8. The minimum Gasteiger partial charge on any atom is -0.324 e. The van der Waals surface area contributed by atoms with Crippen molar-refractivity contribution in [2.75, 3.05) is 11.1 Å². The summed E-state index contributed by atoms with van der Waals surface area (Å²) < 4.78 is 40.2. The van der Waals surface area contributed by atoms with Crippen LogP contribution in [-0.4, -0.2) is 31.4 Å². The second-order valence-corrected chi connectivity index (χ2v) is 8.48. The Hall–Kier alpha value is -3.02. The SMILES string of the molecule is O=C(CSc1nc2c(cnn2-c2cccc(Cl)c2)c(=O)[nH]1)Nc1cc(C(F)(F)F)ccc1Cl. The monoisotopic (exact) mass is 513 g/mol. The lowest BCUT2D eigenvalue weighted by Gasteiger charge is -2.11. The predicted molar refractivity (Wildman–Crippen MR) is 120 cm³/mol. The Morgan fingerprint density at radius 1 is 1.18 bits per heavy atom. The summed E-state index contributed by atoms with van der Waals surface area (Å²) in [6.45, 7) is 0. The van der Waals surface area contributed by atoms with Crippen LogP contribution in [-0.2, 0) is 11.0 Å². The molecule has 0 radical (unpaired) electrons. The third kappa shape index (κ3) is 5.15. The van der Waals surface area contributed by atoms with Crippen molar-refractivity contribution in [2.45, 2.75) is 11.3 Å². The maximum atomic E-state index is 12.9. The normalized spacial score (nSPS) is 11.7. The van der Waals surface area contributed by atoms with Gasteiger partial charge in [-0.25, -0.2) is 9.67 Å². The number of H-pyrrole nitrogens is 1. The molecule has 0 aliphatic heterocycles. The van der Waals surface area contributed by atoms with Gasteiger partial charge in [-0.1, -0.05) is 41.0 Å². The van der Waals surface area contributed by atoms with Gasteiger partial charge in [0.05, 0.1) is 33.9 Å². The van der Waals surface area contributed by atoms with Crippen LogP contribution in [0.5, 0.6) is 0 Å². The van der Waals surface area contributed by atoms with E-state index in [4.69, 9.17) is 23.2 Å². The molecule has 1 amide bonds. The molecule has 4 aromatic rings. The van der Waals surface area contributed by atoms with Gasteiger partial charge in [0.25, 0.3) is 5.56 Å². The fourth-order valence-electron chi connectivity index (χ4n) is 2.88. The van der Waals surface area contributed by atoms with Crippen molar-refractivity contribution in [3.63, 3.8) is 0 Å². The Bertz CT molecular complexity index is 1420. The molecule has 0 unspecified atom stereocenters. The smallest absolute Gasteiger partial charge is 0.324 e. The van der Waals surface area contributed by atoms with Gasteiger partial charge >= 0.3 is 6.18 Å². The van der Waals surface area contributed by atoms with Gasteiger partial charge < -0.3 is 10.3 Å². The van der Waals surface area contributed by atoms with E-state index in [1.54, 1.807) is 24.3 Å². The quantitative estimate of drug-likeness (QED) is 0.284. The number of nitrogens with one attached hydrogen (secondary N) is 2. The van der Waals surface area contributed by atoms with Crippen LogP contribution < -0.4 is 10.9 Å². The van der Waals surface area contributed by atoms with Gasteiger partial charge in [-0.3, -0.25) is 9.59 Å². The highest BCUT2D eigenvalue weighted by atomic mass is 35.5. The largest absolute Gasteiger partial charge is 0.416 e. The van der Waals surface area contributed by atoms with E-state index in [2.05, 4.69) is 20.4 Å². The number of aromatic amines is 1. The number of thioether (sulfide) groups is 1. The number of hydrogen-bond acceptors (Lipinski definition) is 5. The lowest BCUT2D eigenvalue weighted by Crippen LogP contribution is -2.16. The summed E-state index contributed by atoms with van der Waals surface area (Å²) in [5.41, 5.74) is -0.737. The number of halogens is 5. The Morgan fingerprint density at radius 3 is 2.70 bits per heavy atom. The second kappa shape index (κ2) is 9.08. The van der Waals surface area contributed by atoms with Crippen molar-refractivity contribution in [1.29, 1.82) is 0 Å². The number of amides is 1. The van der Waals surface area contributed by atoms with E-state index >= 15 is 0 Å². The molecule has 0 spiro atoms. The summed E-state index contributed by atoms with van der Waals surface area (Å²) in [5.74, 6) is -0.876. The van der Waals surface area contributed by atoms with Crippen LogP contribution in [0.2, 0.25) is 10.0 Å². The Balaban J connectivity index is 1.54.